The fraction of sp³-hybridized carbons (Fsp3) is 0.818. The molecule has 0 aromatic rings. The predicted octanol–water partition coefficient (Wildman–Crippen LogP) is 0.358. The molecule has 1 saturated heterocycles. The van der Waals surface area contributed by atoms with Crippen molar-refractivity contribution in [2.45, 2.75) is 38.3 Å². The number of hydrogen-bond donors (Lipinski definition) is 2. The fourth-order valence-electron chi connectivity index (χ4n) is 2.12. The minimum atomic E-state index is -0.983. The molecular formula is C11H20N2O4. The highest BCUT2D eigenvalue weighted by atomic mass is 16.4. The van der Waals surface area contributed by atoms with Crippen molar-refractivity contribution < 1.29 is 19.8 Å². The highest BCUT2D eigenvalue weighted by Crippen LogP contribution is 2.19. The van der Waals surface area contributed by atoms with E-state index in [9.17, 15) is 14.7 Å². The van der Waals surface area contributed by atoms with E-state index in [2.05, 4.69) is 0 Å². The number of amides is 2. The van der Waals surface area contributed by atoms with Crippen molar-refractivity contribution in [3.8, 4) is 0 Å². The molecule has 0 saturated carbocycles. The van der Waals surface area contributed by atoms with Gasteiger partial charge in [0.1, 0.15) is 6.04 Å². The second-order valence-corrected chi connectivity index (χ2v) is 5.14. The number of carboxylic acids is 1. The number of carbonyl (C=O) groups is 2. The summed E-state index contributed by atoms with van der Waals surface area (Å²) in [6.07, 6.45) is 1.20. The van der Waals surface area contributed by atoms with Crippen molar-refractivity contribution in [3.05, 3.63) is 0 Å². The summed E-state index contributed by atoms with van der Waals surface area (Å²) >= 11 is 0. The molecule has 0 radical (unpaired) electrons. The molecule has 2 N–H and O–H groups in total. The average Bonchev–Trinajstić information content (AvgIpc) is 2.61. The first-order chi connectivity index (χ1) is 7.72. The van der Waals surface area contributed by atoms with Crippen molar-refractivity contribution in [2.75, 3.05) is 20.1 Å². The van der Waals surface area contributed by atoms with Gasteiger partial charge in [0.15, 0.2) is 0 Å². The molecule has 0 aromatic carbocycles. The topological polar surface area (TPSA) is 81.1 Å². The van der Waals surface area contributed by atoms with Crippen LogP contribution in [0.25, 0.3) is 0 Å². The summed E-state index contributed by atoms with van der Waals surface area (Å²) in [7, 11) is 1.57. The number of nitrogens with zero attached hydrogens (tertiary/aromatic N) is 2. The van der Waals surface area contributed by atoms with E-state index < -0.39 is 17.6 Å². The molecule has 98 valence electrons. The highest BCUT2D eigenvalue weighted by Gasteiger charge is 2.36. The van der Waals surface area contributed by atoms with Crippen LogP contribution in [0.5, 0.6) is 0 Å². The van der Waals surface area contributed by atoms with Crippen molar-refractivity contribution in [1.29, 1.82) is 0 Å². The van der Waals surface area contributed by atoms with Gasteiger partial charge in [0.05, 0.1) is 12.1 Å². The maximum Gasteiger partial charge on any atom is 0.326 e. The van der Waals surface area contributed by atoms with Crippen molar-refractivity contribution in [2.24, 2.45) is 0 Å². The van der Waals surface area contributed by atoms with Crippen LogP contribution in [0.3, 0.4) is 0 Å². The molecule has 6 heteroatoms. The number of aliphatic hydroxyl groups is 1. The molecule has 0 unspecified atom stereocenters. The van der Waals surface area contributed by atoms with Crippen molar-refractivity contribution in [3.63, 3.8) is 0 Å². The maximum absolute atomic E-state index is 12.0. The number of likely N-dealkylation sites (N-methyl/N-ethyl adjacent to an activating group) is 1. The van der Waals surface area contributed by atoms with Crippen molar-refractivity contribution >= 4 is 12.0 Å². The summed E-state index contributed by atoms with van der Waals surface area (Å²) in [6, 6.07) is -1.07. The normalized spacial score (nSPS) is 20.5. The second-order valence-electron chi connectivity index (χ2n) is 5.14. The first kappa shape index (κ1) is 13.8. The zero-order chi connectivity index (χ0) is 13.2. The number of hydrogen-bond acceptors (Lipinski definition) is 3. The monoisotopic (exact) mass is 244 g/mol. The van der Waals surface area contributed by atoms with Crippen LogP contribution in [0.1, 0.15) is 26.7 Å². The number of aliphatic carboxylic acids is 1. The lowest BCUT2D eigenvalue weighted by molar-refractivity contribution is -0.141. The Kier molecular flexibility index (Phi) is 3.98. The maximum atomic E-state index is 12.0. The Balaban J connectivity index is 2.66. The molecule has 6 nitrogen and oxygen atoms in total. The number of carboxylic acid groups (broad SMARTS) is 1. The molecule has 2 amide bonds. The van der Waals surface area contributed by atoms with Crippen LogP contribution in [0, 0.1) is 0 Å². The third kappa shape index (κ3) is 3.59. The standard InChI is InChI=1S/C11H20N2O4/c1-11(2,17)7-12(3)10(16)13-6-4-5-8(13)9(14)15/h8,17H,4-7H2,1-3H3,(H,14,15)/t8-/m0/s1. The van der Waals surface area contributed by atoms with Gasteiger partial charge in [-0.25, -0.2) is 9.59 Å². The Morgan fingerprint density at radius 2 is 2.06 bits per heavy atom. The summed E-state index contributed by atoms with van der Waals surface area (Å²) in [5.74, 6) is -0.965. The summed E-state index contributed by atoms with van der Waals surface area (Å²) < 4.78 is 0. The number of urea groups is 1. The van der Waals surface area contributed by atoms with Gasteiger partial charge in [0, 0.05) is 13.6 Å². The summed E-state index contributed by atoms with van der Waals surface area (Å²) in [5.41, 5.74) is -0.983. The van der Waals surface area contributed by atoms with Crippen LogP contribution in [0.2, 0.25) is 0 Å². The van der Waals surface area contributed by atoms with Gasteiger partial charge >= 0.3 is 12.0 Å². The van der Waals surface area contributed by atoms with E-state index in [1.165, 1.54) is 9.80 Å². The number of rotatable bonds is 3. The lowest BCUT2D eigenvalue weighted by Crippen LogP contribution is -2.50. The minimum absolute atomic E-state index is 0.175. The highest BCUT2D eigenvalue weighted by molar-refractivity contribution is 5.83. The molecule has 0 spiro atoms. The molecule has 1 rings (SSSR count). The molecule has 1 aliphatic rings. The summed E-state index contributed by atoms with van der Waals surface area (Å²) in [5, 5.41) is 18.6. The van der Waals surface area contributed by atoms with E-state index in [-0.39, 0.29) is 12.6 Å². The van der Waals surface area contributed by atoms with E-state index in [4.69, 9.17) is 5.11 Å². The Labute approximate surface area is 101 Å². The van der Waals surface area contributed by atoms with Crippen LogP contribution in [0.4, 0.5) is 4.79 Å². The van der Waals surface area contributed by atoms with E-state index >= 15 is 0 Å². The van der Waals surface area contributed by atoms with Crippen LogP contribution in [0.15, 0.2) is 0 Å². The zero-order valence-electron chi connectivity index (χ0n) is 10.5. The smallest absolute Gasteiger partial charge is 0.326 e. The molecule has 0 aromatic heterocycles. The van der Waals surface area contributed by atoms with Crippen LogP contribution in [-0.2, 0) is 4.79 Å². The van der Waals surface area contributed by atoms with Gasteiger partial charge in [-0.15, -0.1) is 0 Å². The molecule has 0 bridgehead atoms. The number of likely N-dealkylation sites (tertiary alicyclic amines) is 1. The molecule has 1 atom stereocenters. The molecule has 1 fully saturated rings. The zero-order valence-corrected chi connectivity index (χ0v) is 10.5. The van der Waals surface area contributed by atoms with Crippen molar-refractivity contribution in [1.82, 2.24) is 9.80 Å². The Bertz CT molecular complexity index is 311. The third-order valence-corrected chi connectivity index (χ3v) is 2.73. The van der Waals surface area contributed by atoms with Gasteiger partial charge < -0.3 is 20.0 Å². The predicted molar refractivity (Wildman–Crippen MR) is 61.7 cm³/mol. The van der Waals surface area contributed by atoms with Crippen LogP contribution >= 0.6 is 0 Å². The average molecular weight is 244 g/mol. The second kappa shape index (κ2) is 4.91. The quantitative estimate of drug-likeness (QED) is 0.751. The van der Waals surface area contributed by atoms with Gasteiger partial charge in [-0.2, -0.15) is 0 Å². The van der Waals surface area contributed by atoms with Gasteiger partial charge in [0.25, 0.3) is 0 Å². The summed E-state index contributed by atoms with van der Waals surface area (Å²) in [4.78, 5) is 25.7. The first-order valence-corrected chi connectivity index (χ1v) is 5.69. The minimum Gasteiger partial charge on any atom is -0.480 e. The Morgan fingerprint density at radius 1 is 1.47 bits per heavy atom. The SMILES string of the molecule is CN(CC(C)(C)O)C(=O)N1CCC[C@H]1C(=O)O. The van der Waals surface area contributed by atoms with Gasteiger partial charge in [0.2, 0.25) is 0 Å². The van der Waals surface area contributed by atoms with E-state index in [0.29, 0.717) is 19.4 Å². The number of carbonyl (C=O) groups excluding carboxylic acids is 1. The van der Waals surface area contributed by atoms with E-state index in [1.54, 1.807) is 20.9 Å². The molecule has 1 aliphatic heterocycles. The van der Waals surface area contributed by atoms with E-state index in [0.717, 1.165) is 0 Å². The van der Waals surface area contributed by atoms with E-state index in [1.807, 2.05) is 0 Å². The largest absolute Gasteiger partial charge is 0.480 e. The van der Waals surface area contributed by atoms with Crippen LogP contribution < -0.4 is 0 Å². The lowest BCUT2D eigenvalue weighted by atomic mass is 10.1. The molecule has 1 heterocycles. The fourth-order valence-corrected chi connectivity index (χ4v) is 2.12. The lowest BCUT2D eigenvalue weighted by Gasteiger charge is -2.31. The molecular weight excluding hydrogens is 224 g/mol. The third-order valence-electron chi connectivity index (χ3n) is 2.73. The van der Waals surface area contributed by atoms with Gasteiger partial charge in [-0.3, -0.25) is 0 Å². The van der Waals surface area contributed by atoms with Crippen LogP contribution in [-0.4, -0.2) is 63.8 Å². The Morgan fingerprint density at radius 3 is 2.53 bits per heavy atom. The Hall–Kier alpha value is -1.30. The molecule has 17 heavy (non-hydrogen) atoms. The summed E-state index contributed by atoms with van der Waals surface area (Å²) in [6.45, 7) is 3.85. The van der Waals surface area contributed by atoms with Gasteiger partial charge in [-0.05, 0) is 26.7 Å². The first-order valence-electron chi connectivity index (χ1n) is 5.69. The van der Waals surface area contributed by atoms with Gasteiger partial charge in [-0.1, -0.05) is 0 Å². The molecule has 0 aliphatic carbocycles.